The molecule has 1 amide bonds. The van der Waals surface area contributed by atoms with Gasteiger partial charge in [0.1, 0.15) is 0 Å². The van der Waals surface area contributed by atoms with Crippen LogP contribution in [-0.4, -0.2) is 22.3 Å². The van der Waals surface area contributed by atoms with Crippen LogP contribution in [-0.2, 0) is 0 Å². The summed E-state index contributed by atoms with van der Waals surface area (Å²) in [6.45, 7) is 0. The molecule has 0 aliphatic heterocycles. The standard InChI is InChI=1S/C14H12BrN3OS2/c1-21-12-4-2-3-11(6-12)17-14(20)18-13(19)9-5-10(15)8-16-7-9/h2-8H,1H3,(H2,17,18,19,20). The van der Waals surface area contributed by atoms with Gasteiger partial charge in [-0.15, -0.1) is 11.8 Å². The molecule has 0 atom stereocenters. The number of nitrogens with one attached hydrogen (secondary N) is 2. The highest BCUT2D eigenvalue weighted by Gasteiger charge is 2.09. The third-order valence-electron chi connectivity index (χ3n) is 2.52. The summed E-state index contributed by atoms with van der Waals surface area (Å²) in [6.07, 6.45) is 5.10. The van der Waals surface area contributed by atoms with Crippen LogP contribution in [0.5, 0.6) is 0 Å². The summed E-state index contributed by atoms with van der Waals surface area (Å²) in [5.74, 6) is -0.303. The number of benzene rings is 1. The summed E-state index contributed by atoms with van der Waals surface area (Å²) in [5.41, 5.74) is 1.27. The lowest BCUT2D eigenvalue weighted by Gasteiger charge is -2.10. The molecule has 21 heavy (non-hydrogen) atoms. The maximum Gasteiger partial charge on any atom is 0.259 e. The van der Waals surface area contributed by atoms with Gasteiger partial charge < -0.3 is 5.32 Å². The number of carbonyl (C=O) groups excluding carboxylic acids is 1. The first kappa shape index (κ1) is 15.9. The fourth-order valence-electron chi connectivity index (χ4n) is 1.57. The lowest BCUT2D eigenvalue weighted by molar-refractivity contribution is 0.0977. The van der Waals surface area contributed by atoms with E-state index in [1.165, 1.54) is 6.20 Å². The molecule has 4 nitrogen and oxygen atoms in total. The van der Waals surface area contributed by atoms with Crippen molar-refractivity contribution in [1.29, 1.82) is 0 Å². The lowest BCUT2D eigenvalue weighted by atomic mass is 10.3. The summed E-state index contributed by atoms with van der Waals surface area (Å²) in [4.78, 5) is 17.1. The highest BCUT2D eigenvalue weighted by molar-refractivity contribution is 9.10. The minimum atomic E-state index is -0.303. The Hall–Kier alpha value is -1.44. The van der Waals surface area contributed by atoms with Crippen LogP contribution >= 0.6 is 39.9 Å². The van der Waals surface area contributed by atoms with Crippen LogP contribution in [0, 0.1) is 0 Å². The Kier molecular flexibility index (Phi) is 5.72. The first-order valence-electron chi connectivity index (χ1n) is 5.95. The second-order valence-electron chi connectivity index (χ2n) is 4.03. The van der Waals surface area contributed by atoms with E-state index in [2.05, 4.69) is 31.5 Å². The molecule has 0 saturated heterocycles. The van der Waals surface area contributed by atoms with Crippen molar-refractivity contribution in [2.45, 2.75) is 4.90 Å². The van der Waals surface area contributed by atoms with Crippen molar-refractivity contribution in [3.8, 4) is 0 Å². The van der Waals surface area contributed by atoms with Crippen molar-refractivity contribution in [2.75, 3.05) is 11.6 Å². The summed E-state index contributed by atoms with van der Waals surface area (Å²) >= 11 is 10.1. The third kappa shape index (κ3) is 4.80. The molecule has 0 bridgehead atoms. The highest BCUT2D eigenvalue weighted by Crippen LogP contribution is 2.18. The van der Waals surface area contributed by atoms with Crippen molar-refractivity contribution in [2.24, 2.45) is 0 Å². The number of hydrogen-bond donors (Lipinski definition) is 2. The molecule has 2 rings (SSSR count). The second kappa shape index (κ2) is 7.53. The molecular formula is C14H12BrN3OS2. The summed E-state index contributed by atoms with van der Waals surface area (Å²) in [5, 5.41) is 5.86. The van der Waals surface area contributed by atoms with Gasteiger partial charge in [0, 0.05) is 27.4 Å². The van der Waals surface area contributed by atoms with E-state index >= 15 is 0 Å². The lowest BCUT2D eigenvalue weighted by Crippen LogP contribution is -2.34. The summed E-state index contributed by atoms with van der Waals surface area (Å²) < 4.78 is 0.738. The molecule has 0 unspecified atom stereocenters. The molecule has 0 radical (unpaired) electrons. The molecule has 7 heteroatoms. The minimum Gasteiger partial charge on any atom is -0.332 e. The molecule has 1 aromatic carbocycles. The van der Waals surface area contributed by atoms with Crippen LogP contribution < -0.4 is 10.6 Å². The number of nitrogens with zero attached hydrogens (tertiary/aromatic N) is 1. The zero-order valence-electron chi connectivity index (χ0n) is 11.1. The molecule has 0 aliphatic rings. The van der Waals surface area contributed by atoms with Crippen molar-refractivity contribution >= 4 is 56.6 Å². The summed E-state index contributed by atoms with van der Waals surface area (Å²) in [7, 11) is 0. The second-order valence-corrected chi connectivity index (χ2v) is 6.24. The summed E-state index contributed by atoms with van der Waals surface area (Å²) in [6, 6.07) is 9.46. The van der Waals surface area contributed by atoms with Gasteiger partial charge in [0.05, 0.1) is 5.56 Å². The van der Waals surface area contributed by atoms with Crippen LogP contribution in [0.15, 0.2) is 52.1 Å². The van der Waals surface area contributed by atoms with E-state index in [4.69, 9.17) is 12.2 Å². The topological polar surface area (TPSA) is 54.0 Å². The fraction of sp³-hybridized carbons (Fsp3) is 0.0714. The number of thioether (sulfide) groups is 1. The zero-order valence-corrected chi connectivity index (χ0v) is 14.3. The maximum absolute atomic E-state index is 12.0. The Morgan fingerprint density at radius 3 is 2.86 bits per heavy atom. The molecular weight excluding hydrogens is 370 g/mol. The van der Waals surface area contributed by atoms with Gasteiger partial charge in [-0.25, -0.2) is 0 Å². The number of pyridine rings is 1. The van der Waals surface area contributed by atoms with E-state index in [1.807, 2.05) is 30.5 Å². The normalized spacial score (nSPS) is 10.0. The third-order valence-corrected chi connectivity index (χ3v) is 3.88. The number of carbonyl (C=O) groups is 1. The van der Waals surface area contributed by atoms with Gasteiger partial charge in [-0.2, -0.15) is 0 Å². The van der Waals surface area contributed by atoms with E-state index in [0.717, 1.165) is 15.1 Å². The number of halogens is 1. The Bertz CT molecular complexity index is 679. The highest BCUT2D eigenvalue weighted by atomic mass is 79.9. The molecule has 0 fully saturated rings. The van der Waals surface area contributed by atoms with Crippen molar-refractivity contribution < 1.29 is 4.79 Å². The first-order valence-corrected chi connectivity index (χ1v) is 8.38. The van der Waals surface area contributed by atoms with E-state index in [0.29, 0.717) is 5.56 Å². The first-order chi connectivity index (χ1) is 10.1. The molecule has 2 aromatic rings. The van der Waals surface area contributed by atoms with E-state index in [1.54, 1.807) is 24.0 Å². The number of aromatic nitrogens is 1. The van der Waals surface area contributed by atoms with Gasteiger partial charge in [0.2, 0.25) is 0 Å². The fourth-order valence-corrected chi connectivity index (χ4v) is 2.61. The predicted molar refractivity (Wildman–Crippen MR) is 93.8 cm³/mol. The molecule has 0 aliphatic carbocycles. The molecule has 2 N–H and O–H groups in total. The molecule has 1 aromatic heterocycles. The van der Waals surface area contributed by atoms with E-state index < -0.39 is 0 Å². The Morgan fingerprint density at radius 1 is 1.33 bits per heavy atom. The molecule has 0 spiro atoms. The average molecular weight is 382 g/mol. The minimum absolute atomic E-state index is 0.248. The van der Waals surface area contributed by atoms with Gasteiger partial charge in [0.15, 0.2) is 5.11 Å². The van der Waals surface area contributed by atoms with Crippen LogP contribution in [0.4, 0.5) is 5.69 Å². The maximum atomic E-state index is 12.0. The number of rotatable bonds is 3. The van der Waals surface area contributed by atoms with E-state index in [-0.39, 0.29) is 11.0 Å². The van der Waals surface area contributed by atoms with Crippen LogP contribution in [0.1, 0.15) is 10.4 Å². The van der Waals surface area contributed by atoms with Gasteiger partial charge in [-0.05, 0) is 58.7 Å². The molecule has 0 saturated carbocycles. The largest absolute Gasteiger partial charge is 0.332 e. The number of hydrogen-bond acceptors (Lipinski definition) is 4. The average Bonchev–Trinajstić information content (AvgIpc) is 2.47. The van der Waals surface area contributed by atoms with Crippen LogP contribution in [0.25, 0.3) is 0 Å². The smallest absolute Gasteiger partial charge is 0.259 e. The zero-order chi connectivity index (χ0) is 15.2. The van der Waals surface area contributed by atoms with Gasteiger partial charge >= 0.3 is 0 Å². The SMILES string of the molecule is CSc1cccc(NC(=S)NC(=O)c2cncc(Br)c2)c1. The Balaban J connectivity index is 1.99. The molecule has 108 valence electrons. The monoisotopic (exact) mass is 381 g/mol. The van der Waals surface area contributed by atoms with Crippen molar-refractivity contribution in [3.63, 3.8) is 0 Å². The molecule has 1 heterocycles. The van der Waals surface area contributed by atoms with Gasteiger partial charge in [-0.3, -0.25) is 15.1 Å². The van der Waals surface area contributed by atoms with Crippen molar-refractivity contribution in [1.82, 2.24) is 10.3 Å². The van der Waals surface area contributed by atoms with E-state index in [9.17, 15) is 4.79 Å². The Morgan fingerprint density at radius 2 is 2.14 bits per heavy atom. The Labute approximate surface area is 140 Å². The van der Waals surface area contributed by atoms with Crippen molar-refractivity contribution in [3.05, 3.63) is 52.8 Å². The number of thiocarbonyl (C=S) groups is 1. The quantitative estimate of drug-likeness (QED) is 0.627. The van der Waals surface area contributed by atoms with Gasteiger partial charge in [0.25, 0.3) is 5.91 Å². The van der Waals surface area contributed by atoms with Crippen LogP contribution in [0.2, 0.25) is 0 Å². The number of amides is 1. The number of anilines is 1. The predicted octanol–water partition coefficient (Wildman–Crippen LogP) is 3.69. The van der Waals surface area contributed by atoms with Gasteiger partial charge in [-0.1, -0.05) is 6.07 Å². The van der Waals surface area contributed by atoms with Crippen LogP contribution in [0.3, 0.4) is 0 Å².